The molecule has 0 spiro atoms. The molecule has 2 aromatic rings. The lowest BCUT2D eigenvalue weighted by Gasteiger charge is -2.33. The largest absolute Gasteiger partial charge is 0.422 e. The summed E-state index contributed by atoms with van der Waals surface area (Å²) in [4.78, 5) is 17.1. The van der Waals surface area contributed by atoms with Gasteiger partial charge in [-0.1, -0.05) is 0 Å². The van der Waals surface area contributed by atoms with Crippen LogP contribution in [0.15, 0.2) is 15.9 Å². The second-order valence-electron chi connectivity index (χ2n) is 6.06. The van der Waals surface area contributed by atoms with Crippen LogP contribution in [0.25, 0.3) is 0 Å². The highest BCUT2D eigenvalue weighted by Gasteiger charge is 2.33. The lowest BCUT2D eigenvalue weighted by molar-refractivity contribution is 0.0573. The van der Waals surface area contributed by atoms with Crippen molar-refractivity contribution < 1.29 is 9.21 Å². The van der Waals surface area contributed by atoms with Crippen LogP contribution >= 0.6 is 11.3 Å². The van der Waals surface area contributed by atoms with E-state index in [9.17, 15) is 4.79 Å². The zero-order valence-electron chi connectivity index (χ0n) is 13.7. The maximum Gasteiger partial charge on any atom is 0.265 e. The molecule has 1 aliphatic heterocycles. The minimum atomic E-state index is -0.219. The molecule has 3 rings (SSSR count). The number of nitriles is 1. The minimum absolute atomic E-state index is 0.126. The highest BCUT2D eigenvalue weighted by atomic mass is 32.1. The highest BCUT2D eigenvalue weighted by molar-refractivity contribution is 7.12. The SMILES string of the molecule is CN(C)Cc1nnc(C2CCCCN2C(=O)c2sccc2C#N)o1. The molecule has 0 aromatic carbocycles. The average molecular weight is 345 g/mol. The fourth-order valence-electron chi connectivity index (χ4n) is 2.86. The Morgan fingerprint density at radius 1 is 1.50 bits per heavy atom. The van der Waals surface area contributed by atoms with Crippen molar-refractivity contribution in [3.8, 4) is 6.07 Å². The average Bonchev–Trinajstić information content (AvgIpc) is 3.22. The number of hydrogen-bond acceptors (Lipinski definition) is 7. The summed E-state index contributed by atoms with van der Waals surface area (Å²) in [5, 5.41) is 19.2. The maximum atomic E-state index is 12.9. The van der Waals surface area contributed by atoms with E-state index in [0.717, 1.165) is 19.3 Å². The highest BCUT2D eigenvalue weighted by Crippen LogP contribution is 2.33. The molecular formula is C16H19N5O2S. The van der Waals surface area contributed by atoms with Crippen LogP contribution in [0.2, 0.25) is 0 Å². The number of aromatic nitrogens is 2. The maximum absolute atomic E-state index is 12.9. The second kappa shape index (κ2) is 7.11. The summed E-state index contributed by atoms with van der Waals surface area (Å²) >= 11 is 1.30. The Labute approximate surface area is 144 Å². The first-order valence-corrected chi connectivity index (χ1v) is 8.73. The van der Waals surface area contributed by atoms with Gasteiger partial charge in [-0.25, -0.2) is 0 Å². The van der Waals surface area contributed by atoms with E-state index in [4.69, 9.17) is 9.68 Å². The quantitative estimate of drug-likeness (QED) is 0.846. The third kappa shape index (κ3) is 3.32. The molecule has 1 atom stereocenters. The van der Waals surface area contributed by atoms with Crippen molar-refractivity contribution in [1.82, 2.24) is 20.0 Å². The zero-order valence-corrected chi connectivity index (χ0v) is 14.5. The normalized spacial score (nSPS) is 17.9. The van der Waals surface area contributed by atoms with Crippen molar-refractivity contribution in [3.63, 3.8) is 0 Å². The van der Waals surface area contributed by atoms with Gasteiger partial charge in [-0.05, 0) is 44.8 Å². The molecule has 7 nitrogen and oxygen atoms in total. The monoisotopic (exact) mass is 345 g/mol. The summed E-state index contributed by atoms with van der Waals surface area (Å²) in [6.45, 7) is 1.20. The smallest absolute Gasteiger partial charge is 0.265 e. The summed E-state index contributed by atoms with van der Waals surface area (Å²) in [6.07, 6.45) is 2.74. The number of likely N-dealkylation sites (tertiary alicyclic amines) is 1. The third-order valence-electron chi connectivity index (χ3n) is 3.96. The Kier molecular flexibility index (Phi) is 4.92. The Bertz CT molecular complexity index is 761. The first kappa shape index (κ1) is 16.6. The Morgan fingerprint density at radius 2 is 2.33 bits per heavy atom. The first-order chi connectivity index (χ1) is 11.6. The van der Waals surface area contributed by atoms with Crippen molar-refractivity contribution in [2.24, 2.45) is 0 Å². The van der Waals surface area contributed by atoms with E-state index in [2.05, 4.69) is 16.3 Å². The van der Waals surface area contributed by atoms with Crippen molar-refractivity contribution in [1.29, 1.82) is 5.26 Å². The van der Waals surface area contributed by atoms with Gasteiger partial charge in [0.1, 0.15) is 17.0 Å². The predicted octanol–water partition coefficient (Wildman–Crippen LogP) is 2.43. The molecule has 8 heteroatoms. The van der Waals surface area contributed by atoms with Crippen LogP contribution in [-0.2, 0) is 6.54 Å². The van der Waals surface area contributed by atoms with Gasteiger partial charge in [-0.2, -0.15) is 5.26 Å². The van der Waals surface area contributed by atoms with Crippen LogP contribution < -0.4 is 0 Å². The summed E-state index contributed by atoms with van der Waals surface area (Å²) in [7, 11) is 3.86. The summed E-state index contributed by atoms with van der Waals surface area (Å²) in [5.74, 6) is 0.899. The summed E-state index contributed by atoms with van der Waals surface area (Å²) < 4.78 is 5.77. The molecule has 3 heterocycles. The van der Waals surface area contributed by atoms with Gasteiger partial charge in [0.2, 0.25) is 11.8 Å². The van der Waals surface area contributed by atoms with Crippen LogP contribution in [0.5, 0.6) is 0 Å². The lowest BCUT2D eigenvalue weighted by Crippen LogP contribution is -2.38. The van der Waals surface area contributed by atoms with E-state index in [0.29, 0.717) is 35.3 Å². The van der Waals surface area contributed by atoms with E-state index < -0.39 is 0 Å². The standard InChI is InChI=1S/C16H19N5O2S/c1-20(2)10-13-18-19-15(23-13)12-5-3-4-7-21(12)16(22)14-11(9-17)6-8-24-14/h6,8,12H,3-5,7,10H2,1-2H3. The number of amides is 1. The number of carbonyl (C=O) groups excluding carboxylic acids is 1. The molecule has 1 amide bonds. The molecule has 1 unspecified atom stereocenters. The van der Waals surface area contributed by atoms with Gasteiger partial charge in [0.25, 0.3) is 5.91 Å². The van der Waals surface area contributed by atoms with Gasteiger partial charge in [0, 0.05) is 6.54 Å². The fourth-order valence-corrected chi connectivity index (χ4v) is 3.66. The van der Waals surface area contributed by atoms with E-state index in [-0.39, 0.29) is 11.9 Å². The molecule has 126 valence electrons. The Morgan fingerprint density at radius 3 is 3.08 bits per heavy atom. The number of nitrogens with zero attached hydrogens (tertiary/aromatic N) is 5. The van der Waals surface area contributed by atoms with Crippen molar-refractivity contribution >= 4 is 17.2 Å². The van der Waals surface area contributed by atoms with Gasteiger partial charge in [-0.3, -0.25) is 4.79 Å². The van der Waals surface area contributed by atoms with E-state index in [1.807, 2.05) is 19.0 Å². The second-order valence-corrected chi connectivity index (χ2v) is 6.97. The molecule has 0 N–H and O–H groups in total. The molecule has 1 saturated heterocycles. The molecular weight excluding hydrogens is 326 g/mol. The Hall–Kier alpha value is -2.24. The van der Waals surface area contributed by atoms with Gasteiger partial charge in [0.15, 0.2) is 0 Å². The lowest BCUT2D eigenvalue weighted by atomic mass is 10.0. The number of rotatable bonds is 4. The Balaban J connectivity index is 1.85. The van der Waals surface area contributed by atoms with E-state index >= 15 is 0 Å². The zero-order chi connectivity index (χ0) is 17.1. The molecule has 0 bridgehead atoms. The third-order valence-corrected chi connectivity index (χ3v) is 4.87. The summed E-state index contributed by atoms with van der Waals surface area (Å²) in [5.41, 5.74) is 0.424. The van der Waals surface area contributed by atoms with Gasteiger partial charge in [0.05, 0.1) is 12.1 Å². The van der Waals surface area contributed by atoms with Crippen LogP contribution in [0.3, 0.4) is 0 Å². The van der Waals surface area contributed by atoms with Crippen LogP contribution in [0.1, 0.15) is 52.3 Å². The van der Waals surface area contributed by atoms with Crippen LogP contribution in [0, 0.1) is 11.3 Å². The number of piperidine rings is 1. The van der Waals surface area contributed by atoms with Crippen molar-refractivity contribution in [3.05, 3.63) is 33.7 Å². The predicted molar refractivity (Wildman–Crippen MR) is 88.4 cm³/mol. The fraction of sp³-hybridized carbons (Fsp3) is 0.500. The molecule has 0 saturated carbocycles. The minimum Gasteiger partial charge on any atom is -0.422 e. The molecule has 24 heavy (non-hydrogen) atoms. The van der Waals surface area contributed by atoms with Crippen LogP contribution in [-0.4, -0.2) is 46.5 Å². The van der Waals surface area contributed by atoms with Crippen LogP contribution in [0.4, 0.5) is 0 Å². The number of carbonyl (C=O) groups is 1. The van der Waals surface area contributed by atoms with E-state index in [1.165, 1.54) is 11.3 Å². The van der Waals surface area contributed by atoms with Gasteiger partial charge < -0.3 is 14.2 Å². The van der Waals surface area contributed by atoms with Gasteiger partial charge >= 0.3 is 0 Å². The molecule has 1 fully saturated rings. The molecule has 2 aromatic heterocycles. The number of thiophene rings is 1. The van der Waals surface area contributed by atoms with Crippen molar-refractivity contribution in [2.75, 3.05) is 20.6 Å². The van der Waals surface area contributed by atoms with E-state index in [1.54, 1.807) is 16.3 Å². The van der Waals surface area contributed by atoms with Gasteiger partial charge in [-0.15, -0.1) is 21.5 Å². The topological polar surface area (TPSA) is 86.3 Å². The number of hydrogen-bond donors (Lipinski definition) is 0. The molecule has 0 aliphatic carbocycles. The van der Waals surface area contributed by atoms with Crippen molar-refractivity contribution in [2.45, 2.75) is 31.8 Å². The summed E-state index contributed by atoms with van der Waals surface area (Å²) in [6, 6.07) is 3.54. The molecule has 1 aliphatic rings. The first-order valence-electron chi connectivity index (χ1n) is 7.85. The molecule has 0 radical (unpaired) electrons.